The van der Waals surface area contributed by atoms with E-state index in [2.05, 4.69) is 4.98 Å². The Kier molecular flexibility index (Phi) is 4.10. The van der Waals surface area contributed by atoms with Crippen molar-refractivity contribution in [1.29, 1.82) is 0 Å². The minimum atomic E-state index is -0.435. The Morgan fingerprint density at radius 3 is 2.91 bits per heavy atom. The first kappa shape index (κ1) is 15.2. The molecule has 0 radical (unpaired) electrons. The summed E-state index contributed by atoms with van der Waals surface area (Å²) in [4.78, 5) is 28.7. The van der Waals surface area contributed by atoms with Gasteiger partial charge in [0.2, 0.25) is 11.1 Å². The van der Waals surface area contributed by atoms with Crippen molar-refractivity contribution in [3.8, 4) is 0 Å². The van der Waals surface area contributed by atoms with E-state index in [1.54, 1.807) is 43.5 Å². The highest BCUT2D eigenvalue weighted by Gasteiger charge is 2.18. The highest BCUT2D eigenvalue weighted by atomic mass is 16.5. The van der Waals surface area contributed by atoms with E-state index < -0.39 is 5.92 Å². The van der Waals surface area contributed by atoms with Crippen molar-refractivity contribution in [2.24, 2.45) is 0 Å². The molecule has 3 rings (SSSR count). The molecule has 1 atom stereocenters. The molecular weight excluding hydrogens is 294 g/mol. The van der Waals surface area contributed by atoms with E-state index in [1.165, 1.54) is 0 Å². The Morgan fingerprint density at radius 1 is 1.30 bits per heavy atom. The number of benzene rings is 1. The Bertz CT molecular complexity index is 929. The summed E-state index contributed by atoms with van der Waals surface area (Å²) in [6.07, 6.45) is 2.36. The van der Waals surface area contributed by atoms with Gasteiger partial charge in [-0.1, -0.05) is 13.0 Å². The summed E-state index contributed by atoms with van der Waals surface area (Å²) in [5.41, 5.74) is 1.35. The molecule has 5 nitrogen and oxygen atoms in total. The van der Waals surface area contributed by atoms with E-state index in [1.807, 2.05) is 6.92 Å². The predicted octanol–water partition coefficient (Wildman–Crippen LogP) is 3.40. The summed E-state index contributed by atoms with van der Waals surface area (Å²) in [7, 11) is 0. The first-order valence-corrected chi connectivity index (χ1v) is 7.60. The second-order valence-corrected chi connectivity index (χ2v) is 5.43. The summed E-state index contributed by atoms with van der Waals surface area (Å²) in [5.74, 6) is -0.729. The van der Waals surface area contributed by atoms with Gasteiger partial charge in [-0.2, -0.15) is 0 Å². The lowest BCUT2D eigenvalue weighted by Crippen LogP contribution is -2.14. The Balaban J connectivity index is 2.08. The molecule has 0 aliphatic rings. The average Bonchev–Trinajstić information content (AvgIpc) is 2.59. The topological polar surface area (TPSA) is 69.4 Å². The third-order valence-corrected chi connectivity index (χ3v) is 3.77. The molecule has 1 aromatic carbocycles. The van der Waals surface area contributed by atoms with Crippen molar-refractivity contribution in [1.82, 2.24) is 4.98 Å². The summed E-state index contributed by atoms with van der Waals surface area (Å²) >= 11 is 0. The van der Waals surface area contributed by atoms with Crippen LogP contribution in [0.1, 0.15) is 31.7 Å². The molecular formula is C18H17NO4. The first-order chi connectivity index (χ1) is 11.1. The number of hydrogen-bond acceptors (Lipinski definition) is 5. The maximum absolute atomic E-state index is 12.6. The van der Waals surface area contributed by atoms with Gasteiger partial charge in [0.25, 0.3) is 0 Å². The molecule has 0 amide bonds. The predicted molar refractivity (Wildman–Crippen MR) is 87.5 cm³/mol. The van der Waals surface area contributed by atoms with Gasteiger partial charge in [-0.3, -0.25) is 9.59 Å². The molecule has 2 heterocycles. The number of hydrogen-bond donors (Lipinski definition) is 0. The molecule has 5 heteroatoms. The van der Waals surface area contributed by atoms with Crippen molar-refractivity contribution in [2.45, 2.75) is 26.2 Å². The van der Waals surface area contributed by atoms with Crippen LogP contribution in [0.25, 0.3) is 22.1 Å². The maximum atomic E-state index is 12.6. The molecule has 3 aromatic rings. The number of carbonyl (C=O) groups excluding carboxylic acids is 1. The lowest BCUT2D eigenvalue weighted by molar-refractivity contribution is -0.145. The van der Waals surface area contributed by atoms with Crippen LogP contribution in [-0.2, 0) is 9.53 Å². The lowest BCUT2D eigenvalue weighted by atomic mass is 9.99. The third-order valence-electron chi connectivity index (χ3n) is 3.77. The van der Waals surface area contributed by atoms with Crippen molar-refractivity contribution >= 4 is 28.0 Å². The number of ether oxygens (including phenoxy) is 1. The van der Waals surface area contributed by atoms with E-state index in [0.717, 1.165) is 12.0 Å². The van der Waals surface area contributed by atoms with Gasteiger partial charge in [-0.15, -0.1) is 0 Å². The van der Waals surface area contributed by atoms with Crippen molar-refractivity contribution in [2.75, 3.05) is 6.61 Å². The van der Waals surface area contributed by atoms with E-state index in [-0.39, 0.29) is 11.4 Å². The molecule has 0 saturated carbocycles. The highest BCUT2D eigenvalue weighted by Crippen LogP contribution is 2.23. The highest BCUT2D eigenvalue weighted by molar-refractivity contribution is 5.89. The maximum Gasteiger partial charge on any atom is 0.313 e. The third kappa shape index (κ3) is 2.82. The first-order valence-electron chi connectivity index (χ1n) is 7.60. The molecule has 0 saturated heterocycles. The number of fused-ring (bicyclic) bond motifs is 2. The average molecular weight is 311 g/mol. The molecule has 2 aromatic heterocycles. The van der Waals surface area contributed by atoms with Gasteiger partial charge in [-0.25, -0.2) is 4.98 Å². The number of nitrogens with zero attached hydrogens (tertiary/aromatic N) is 1. The van der Waals surface area contributed by atoms with Crippen molar-refractivity contribution < 1.29 is 13.9 Å². The second kappa shape index (κ2) is 6.20. The van der Waals surface area contributed by atoms with Gasteiger partial charge in [0, 0.05) is 6.20 Å². The quantitative estimate of drug-likeness (QED) is 0.545. The summed E-state index contributed by atoms with van der Waals surface area (Å²) < 4.78 is 10.8. The summed E-state index contributed by atoms with van der Waals surface area (Å²) in [5, 5.41) is 0.872. The number of carbonyl (C=O) groups is 1. The van der Waals surface area contributed by atoms with Crippen LogP contribution in [0.4, 0.5) is 0 Å². The van der Waals surface area contributed by atoms with Crippen molar-refractivity contribution in [3.05, 3.63) is 52.3 Å². The molecule has 0 aliphatic heterocycles. The smallest absolute Gasteiger partial charge is 0.313 e. The van der Waals surface area contributed by atoms with Crippen LogP contribution >= 0.6 is 0 Å². The minimum Gasteiger partial charge on any atom is -0.465 e. The molecule has 0 fully saturated rings. The van der Waals surface area contributed by atoms with E-state index in [9.17, 15) is 9.59 Å². The van der Waals surface area contributed by atoms with Crippen LogP contribution in [0.3, 0.4) is 0 Å². The minimum absolute atomic E-state index is 0.148. The lowest BCUT2D eigenvalue weighted by Gasteiger charge is -2.12. The fourth-order valence-electron chi connectivity index (χ4n) is 2.44. The fraction of sp³-hybridized carbons (Fsp3) is 0.278. The van der Waals surface area contributed by atoms with Gasteiger partial charge >= 0.3 is 5.97 Å². The largest absolute Gasteiger partial charge is 0.465 e. The van der Waals surface area contributed by atoms with Crippen LogP contribution in [0.5, 0.6) is 0 Å². The molecule has 1 unspecified atom stereocenters. The van der Waals surface area contributed by atoms with Crippen LogP contribution in [0, 0.1) is 0 Å². The standard InChI is InChI=1S/C18H17NO4/c1-3-9-22-18(21)11(2)12-6-7-15-14(10-12)16(20)13-5-4-8-19-17(13)23-15/h4-8,10-11H,3,9H2,1-2H3. The van der Waals surface area contributed by atoms with E-state index in [4.69, 9.17) is 9.15 Å². The number of esters is 1. The van der Waals surface area contributed by atoms with Gasteiger partial charge in [0.05, 0.1) is 23.3 Å². The Hall–Kier alpha value is -2.69. The fourth-order valence-corrected chi connectivity index (χ4v) is 2.44. The van der Waals surface area contributed by atoms with E-state index >= 15 is 0 Å². The molecule has 23 heavy (non-hydrogen) atoms. The number of pyridine rings is 1. The molecule has 0 bridgehead atoms. The van der Waals surface area contributed by atoms with Gasteiger partial charge in [-0.05, 0) is 43.2 Å². The van der Waals surface area contributed by atoms with E-state index in [0.29, 0.717) is 28.7 Å². The summed E-state index contributed by atoms with van der Waals surface area (Å²) in [6, 6.07) is 8.55. The normalized spacial score (nSPS) is 12.4. The van der Waals surface area contributed by atoms with Crippen LogP contribution in [-0.4, -0.2) is 17.6 Å². The van der Waals surface area contributed by atoms with Gasteiger partial charge in [0.1, 0.15) is 5.58 Å². The number of aromatic nitrogens is 1. The Labute approximate surface area is 132 Å². The zero-order valence-electron chi connectivity index (χ0n) is 13.0. The monoisotopic (exact) mass is 311 g/mol. The van der Waals surface area contributed by atoms with Crippen LogP contribution in [0.15, 0.2) is 45.7 Å². The second-order valence-electron chi connectivity index (χ2n) is 5.43. The number of rotatable bonds is 4. The summed E-state index contributed by atoms with van der Waals surface area (Å²) in [6.45, 7) is 4.11. The van der Waals surface area contributed by atoms with Crippen molar-refractivity contribution in [3.63, 3.8) is 0 Å². The SMILES string of the molecule is CCCOC(=O)C(C)c1ccc2oc3ncccc3c(=O)c2c1. The Morgan fingerprint density at radius 2 is 2.13 bits per heavy atom. The molecule has 0 spiro atoms. The molecule has 0 N–H and O–H groups in total. The van der Waals surface area contributed by atoms with Gasteiger partial charge in [0.15, 0.2) is 0 Å². The molecule has 0 aliphatic carbocycles. The zero-order valence-corrected chi connectivity index (χ0v) is 13.0. The van der Waals surface area contributed by atoms with Gasteiger partial charge < -0.3 is 9.15 Å². The van der Waals surface area contributed by atoms with Crippen LogP contribution < -0.4 is 5.43 Å². The van der Waals surface area contributed by atoms with Crippen LogP contribution in [0.2, 0.25) is 0 Å². The zero-order chi connectivity index (χ0) is 16.4. The molecule has 118 valence electrons.